The molecule has 168 valence electrons. The molecular weight excluding hydrogens is 396 g/mol. The number of Topliss-reactive ketones (excluding diaryl/α,β-unsaturated/α-hetero) is 1. The van der Waals surface area contributed by atoms with Gasteiger partial charge in [0.25, 0.3) is 0 Å². The number of ketones is 1. The van der Waals surface area contributed by atoms with Crippen LogP contribution < -0.4 is 0 Å². The number of benzene rings is 2. The summed E-state index contributed by atoms with van der Waals surface area (Å²) in [4.78, 5) is 24.0. The Balaban J connectivity index is 1.26. The molecule has 3 nitrogen and oxygen atoms in total. The minimum atomic E-state index is -0.827. The van der Waals surface area contributed by atoms with Crippen LogP contribution in [0.5, 0.6) is 0 Å². The fourth-order valence-corrected chi connectivity index (χ4v) is 7.55. The maximum atomic E-state index is 12.6. The van der Waals surface area contributed by atoms with Gasteiger partial charge in [-0.1, -0.05) is 43.3 Å². The molecule has 0 aromatic heterocycles. The number of carbonyl (C=O) groups is 2. The largest absolute Gasteiger partial charge is 0.478 e. The lowest BCUT2D eigenvalue weighted by Gasteiger charge is -2.51. The SMILES string of the molecule is C[C@]12CC[C@@H]3c4ccc(C(=O)O)cc4CC[C@H]3[C@@H]1CCC2CCC(=O)Cc1ccccc1. The van der Waals surface area contributed by atoms with Crippen LogP contribution in [0.2, 0.25) is 0 Å². The zero-order chi connectivity index (χ0) is 22.3. The van der Waals surface area contributed by atoms with Gasteiger partial charge in [0.2, 0.25) is 0 Å². The van der Waals surface area contributed by atoms with Gasteiger partial charge in [-0.05, 0) is 103 Å². The topological polar surface area (TPSA) is 54.4 Å². The average Bonchev–Trinajstić information content (AvgIpc) is 3.14. The van der Waals surface area contributed by atoms with Gasteiger partial charge in [-0.3, -0.25) is 4.79 Å². The number of carbonyl (C=O) groups excluding carboxylic acids is 1. The monoisotopic (exact) mass is 430 g/mol. The molecular formula is C29H34O3. The lowest BCUT2D eigenvalue weighted by atomic mass is 9.54. The Morgan fingerprint density at radius 2 is 1.84 bits per heavy atom. The van der Waals surface area contributed by atoms with Crippen LogP contribution in [-0.2, 0) is 17.6 Å². The van der Waals surface area contributed by atoms with E-state index >= 15 is 0 Å². The first kappa shape index (κ1) is 21.4. The van der Waals surface area contributed by atoms with Gasteiger partial charge in [0, 0.05) is 12.8 Å². The summed E-state index contributed by atoms with van der Waals surface area (Å²) in [6, 6.07) is 15.9. The Labute approximate surface area is 191 Å². The first-order valence-electron chi connectivity index (χ1n) is 12.4. The number of hydrogen-bond acceptors (Lipinski definition) is 2. The Hall–Kier alpha value is -2.42. The second-order valence-electron chi connectivity index (χ2n) is 10.7. The van der Waals surface area contributed by atoms with E-state index in [-0.39, 0.29) is 0 Å². The summed E-state index contributed by atoms with van der Waals surface area (Å²) in [5, 5.41) is 9.35. The van der Waals surface area contributed by atoms with E-state index in [1.807, 2.05) is 36.4 Å². The first-order valence-corrected chi connectivity index (χ1v) is 12.4. The van der Waals surface area contributed by atoms with Crippen LogP contribution in [-0.4, -0.2) is 16.9 Å². The summed E-state index contributed by atoms with van der Waals surface area (Å²) < 4.78 is 0. The van der Waals surface area contributed by atoms with E-state index in [0.717, 1.165) is 24.3 Å². The number of rotatable bonds is 6. The van der Waals surface area contributed by atoms with E-state index in [2.05, 4.69) is 13.0 Å². The molecule has 32 heavy (non-hydrogen) atoms. The highest BCUT2D eigenvalue weighted by Gasteiger charge is 2.54. The Morgan fingerprint density at radius 3 is 2.62 bits per heavy atom. The first-order chi connectivity index (χ1) is 15.5. The van der Waals surface area contributed by atoms with Gasteiger partial charge in [0.05, 0.1) is 5.56 Å². The predicted octanol–water partition coefficient (Wildman–Crippen LogP) is 6.45. The minimum Gasteiger partial charge on any atom is -0.478 e. The van der Waals surface area contributed by atoms with Crippen LogP contribution in [0.25, 0.3) is 0 Å². The van der Waals surface area contributed by atoms with Crippen LogP contribution in [0.4, 0.5) is 0 Å². The van der Waals surface area contributed by atoms with Crippen molar-refractivity contribution >= 4 is 11.8 Å². The predicted molar refractivity (Wildman–Crippen MR) is 126 cm³/mol. The third kappa shape index (κ3) is 3.80. The highest BCUT2D eigenvalue weighted by Crippen LogP contribution is 2.63. The number of carboxylic acids is 1. The third-order valence-corrected chi connectivity index (χ3v) is 9.19. The number of aromatic carboxylic acids is 1. The van der Waals surface area contributed by atoms with Gasteiger partial charge in [-0.15, -0.1) is 0 Å². The number of hydrogen-bond donors (Lipinski definition) is 1. The van der Waals surface area contributed by atoms with Crippen LogP contribution in [0, 0.1) is 23.2 Å². The summed E-state index contributed by atoms with van der Waals surface area (Å²) in [6.45, 7) is 2.51. The molecule has 0 saturated heterocycles. The summed E-state index contributed by atoms with van der Waals surface area (Å²) in [7, 11) is 0. The van der Waals surface area contributed by atoms with Gasteiger partial charge in [-0.25, -0.2) is 4.79 Å². The molecule has 1 unspecified atom stereocenters. The molecule has 3 heteroatoms. The molecule has 1 N–H and O–H groups in total. The van der Waals surface area contributed by atoms with E-state index in [1.54, 1.807) is 6.07 Å². The molecule has 2 fully saturated rings. The highest BCUT2D eigenvalue weighted by atomic mass is 16.4. The quantitative estimate of drug-likeness (QED) is 0.573. The third-order valence-electron chi connectivity index (χ3n) is 9.19. The van der Waals surface area contributed by atoms with Gasteiger partial charge < -0.3 is 5.11 Å². The van der Waals surface area contributed by atoms with Gasteiger partial charge >= 0.3 is 5.97 Å². The zero-order valence-electron chi connectivity index (χ0n) is 19.1. The lowest BCUT2D eigenvalue weighted by Crippen LogP contribution is -2.42. The van der Waals surface area contributed by atoms with E-state index in [9.17, 15) is 14.7 Å². The maximum absolute atomic E-state index is 12.6. The number of fused-ring (bicyclic) bond motifs is 5. The molecule has 0 spiro atoms. The molecule has 0 radical (unpaired) electrons. The molecule has 0 amide bonds. The zero-order valence-corrected chi connectivity index (χ0v) is 19.1. The smallest absolute Gasteiger partial charge is 0.335 e. The van der Waals surface area contributed by atoms with Crippen molar-refractivity contribution in [1.82, 2.24) is 0 Å². The molecule has 5 atom stereocenters. The number of carboxylic acid groups (broad SMARTS) is 1. The highest BCUT2D eigenvalue weighted by molar-refractivity contribution is 5.88. The maximum Gasteiger partial charge on any atom is 0.335 e. The van der Waals surface area contributed by atoms with Crippen molar-refractivity contribution in [1.29, 1.82) is 0 Å². The molecule has 2 aromatic carbocycles. The Morgan fingerprint density at radius 1 is 1.03 bits per heavy atom. The molecule has 5 rings (SSSR count). The molecule has 0 bridgehead atoms. The average molecular weight is 431 g/mol. The number of aryl methyl sites for hydroxylation is 1. The summed E-state index contributed by atoms with van der Waals surface area (Å²) in [6.07, 6.45) is 9.47. The normalized spacial score (nSPS) is 30.8. The van der Waals surface area contributed by atoms with Crippen molar-refractivity contribution in [3.05, 3.63) is 70.8 Å². The molecule has 2 aromatic rings. The molecule has 3 aliphatic rings. The molecule has 3 aliphatic carbocycles. The van der Waals surface area contributed by atoms with Crippen molar-refractivity contribution in [2.45, 2.75) is 70.6 Å². The van der Waals surface area contributed by atoms with Crippen molar-refractivity contribution in [2.75, 3.05) is 0 Å². The Kier molecular flexibility index (Phi) is 5.69. The van der Waals surface area contributed by atoms with E-state index in [0.29, 0.717) is 47.4 Å². The molecule has 2 saturated carbocycles. The van der Waals surface area contributed by atoms with Crippen LogP contribution in [0.1, 0.15) is 84.8 Å². The summed E-state index contributed by atoms with van der Waals surface area (Å²) in [5.74, 6) is 2.23. The van der Waals surface area contributed by atoms with Crippen LogP contribution in [0.3, 0.4) is 0 Å². The standard InChI is InChI=1S/C29H34O3/c1-29-16-15-25-24-12-8-21(28(31)32)18-20(24)7-13-26(25)27(29)14-10-22(29)9-11-23(30)17-19-5-3-2-4-6-19/h2-6,8,12,18,22,25-27H,7,9-11,13-17H2,1H3,(H,31,32)/t22?,25-,26-,27+,29-/m1/s1. The second-order valence-corrected chi connectivity index (χ2v) is 10.7. The van der Waals surface area contributed by atoms with Gasteiger partial charge in [-0.2, -0.15) is 0 Å². The van der Waals surface area contributed by atoms with Gasteiger partial charge in [0.15, 0.2) is 0 Å². The summed E-state index contributed by atoms with van der Waals surface area (Å²) in [5.41, 5.74) is 4.57. The minimum absolute atomic E-state index is 0.354. The Bertz CT molecular complexity index is 1010. The van der Waals surface area contributed by atoms with Crippen LogP contribution >= 0.6 is 0 Å². The fourth-order valence-electron chi connectivity index (χ4n) is 7.55. The van der Waals surface area contributed by atoms with Crippen LogP contribution in [0.15, 0.2) is 48.5 Å². The summed E-state index contributed by atoms with van der Waals surface area (Å²) >= 11 is 0. The second kappa shape index (κ2) is 8.50. The van der Waals surface area contributed by atoms with Crippen molar-refractivity contribution < 1.29 is 14.7 Å². The van der Waals surface area contributed by atoms with Crippen molar-refractivity contribution in [2.24, 2.45) is 23.2 Å². The lowest BCUT2D eigenvalue weighted by molar-refractivity contribution is -0.119. The fraction of sp³-hybridized carbons (Fsp3) is 0.517. The van der Waals surface area contributed by atoms with E-state index < -0.39 is 5.97 Å². The van der Waals surface area contributed by atoms with Crippen molar-refractivity contribution in [3.8, 4) is 0 Å². The molecule has 0 aliphatic heterocycles. The van der Waals surface area contributed by atoms with E-state index in [4.69, 9.17) is 0 Å². The van der Waals surface area contributed by atoms with Crippen molar-refractivity contribution in [3.63, 3.8) is 0 Å². The van der Waals surface area contributed by atoms with Gasteiger partial charge in [0.1, 0.15) is 5.78 Å². The molecule has 0 heterocycles. The van der Waals surface area contributed by atoms with E-state index in [1.165, 1.54) is 43.2 Å².